The highest BCUT2D eigenvalue weighted by Crippen LogP contribution is 2.41. The highest BCUT2D eigenvalue weighted by Gasteiger charge is 2.37. The van der Waals surface area contributed by atoms with Crippen molar-refractivity contribution in [2.45, 2.75) is 49.8 Å². The molecule has 1 N–H and O–H groups in total. The van der Waals surface area contributed by atoms with E-state index in [1.54, 1.807) is 25.2 Å². The predicted octanol–water partition coefficient (Wildman–Crippen LogP) is 3.14. The molecule has 3 rings (SSSR count). The maximum Gasteiger partial charge on any atom is 0.245 e. The van der Waals surface area contributed by atoms with Crippen molar-refractivity contribution in [1.29, 1.82) is 0 Å². The molecule has 7 heteroatoms. The van der Waals surface area contributed by atoms with Gasteiger partial charge >= 0.3 is 0 Å². The smallest absolute Gasteiger partial charge is 0.245 e. The zero-order valence-corrected chi connectivity index (χ0v) is 14.4. The Morgan fingerprint density at radius 2 is 2.09 bits per heavy atom. The van der Waals surface area contributed by atoms with Gasteiger partial charge in [0.15, 0.2) is 5.76 Å². The fourth-order valence-electron chi connectivity index (χ4n) is 3.35. The number of hydrogen-bond donors (Lipinski definition) is 1. The van der Waals surface area contributed by atoms with Gasteiger partial charge in [-0.25, -0.2) is 13.1 Å². The molecule has 0 aromatic carbocycles. The first-order valence-corrected chi connectivity index (χ1v) is 9.82. The second kappa shape index (κ2) is 5.79. The molecule has 120 valence electrons. The lowest BCUT2D eigenvalue weighted by Crippen LogP contribution is -2.39. The van der Waals surface area contributed by atoms with E-state index in [4.69, 9.17) is 4.52 Å². The Morgan fingerprint density at radius 3 is 2.64 bits per heavy atom. The summed E-state index contributed by atoms with van der Waals surface area (Å²) in [6.07, 6.45) is 4.33. The van der Waals surface area contributed by atoms with E-state index in [-0.39, 0.29) is 10.3 Å². The number of sulfonamides is 1. The van der Waals surface area contributed by atoms with Crippen molar-refractivity contribution in [3.63, 3.8) is 0 Å². The zero-order chi connectivity index (χ0) is 15.8. The first-order chi connectivity index (χ1) is 10.4. The molecule has 0 radical (unpaired) electrons. The number of hydrogen-bond acceptors (Lipinski definition) is 5. The molecule has 0 amide bonds. The van der Waals surface area contributed by atoms with Crippen LogP contribution in [0.5, 0.6) is 0 Å². The first kappa shape index (κ1) is 15.7. The monoisotopic (exact) mass is 340 g/mol. The molecule has 1 saturated carbocycles. The molecule has 1 aliphatic rings. The van der Waals surface area contributed by atoms with Gasteiger partial charge in [0.05, 0.1) is 0 Å². The largest absolute Gasteiger partial charge is 0.360 e. The van der Waals surface area contributed by atoms with Crippen LogP contribution in [0.15, 0.2) is 26.2 Å². The van der Waals surface area contributed by atoms with Crippen LogP contribution in [0.4, 0.5) is 0 Å². The van der Waals surface area contributed by atoms with E-state index < -0.39 is 10.0 Å². The van der Waals surface area contributed by atoms with Crippen LogP contribution >= 0.6 is 11.3 Å². The summed E-state index contributed by atoms with van der Waals surface area (Å²) in [6.45, 7) is 3.70. The van der Waals surface area contributed by atoms with Gasteiger partial charge < -0.3 is 4.52 Å². The lowest BCUT2D eigenvalue weighted by molar-refractivity contribution is 0.390. The normalized spacial score (nSPS) is 17.9. The van der Waals surface area contributed by atoms with E-state index in [9.17, 15) is 8.42 Å². The molecule has 0 unspecified atom stereocenters. The fraction of sp³-hybridized carbons (Fsp3) is 0.533. The maximum atomic E-state index is 12.6. The SMILES string of the molecule is Cc1noc(C)c1S(=O)(=O)NCC1(c2ccsc2)CCCC1. The van der Waals surface area contributed by atoms with Gasteiger partial charge in [0.25, 0.3) is 0 Å². The number of aromatic nitrogens is 1. The maximum absolute atomic E-state index is 12.6. The predicted molar refractivity (Wildman–Crippen MR) is 85.6 cm³/mol. The summed E-state index contributed by atoms with van der Waals surface area (Å²) < 4.78 is 33.0. The Morgan fingerprint density at radius 1 is 1.36 bits per heavy atom. The van der Waals surface area contributed by atoms with Crippen molar-refractivity contribution in [2.75, 3.05) is 6.54 Å². The molecule has 2 heterocycles. The van der Waals surface area contributed by atoms with Crippen LogP contribution in [0, 0.1) is 13.8 Å². The summed E-state index contributed by atoms with van der Waals surface area (Å²) in [4.78, 5) is 0.172. The molecule has 0 aliphatic heterocycles. The third-order valence-electron chi connectivity index (χ3n) is 4.53. The molecule has 0 spiro atoms. The minimum atomic E-state index is -3.60. The van der Waals surface area contributed by atoms with Crippen molar-refractivity contribution in [1.82, 2.24) is 9.88 Å². The van der Waals surface area contributed by atoms with Gasteiger partial charge in [0, 0.05) is 12.0 Å². The van der Waals surface area contributed by atoms with Gasteiger partial charge in [-0.3, -0.25) is 0 Å². The van der Waals surface area contributed by atoms with Crippen molar-refractivity contribution in [3.05, 3.63) is 33.8 Å². The fourth-order valence-corrected chi connectivity index (χ4v) is 5.58. The minimum absolute atomic E-state index is 0.0773. The number of thiophene rings is 1. The summed E-state index contributed by atoms with van der Waals surface area (Å²) in [6, 6.07) is 2.11. The Labute approximate surface area is 134 Å². The van der Waals surface area contributed by atoms with Crippen LogP contribution in [0.2, 0.25) is 0 Å². The summed E-state index contributed by atoms with van der Waals surface area (Å²) in [7, 11) is -3.60. The van der Waals surface area contributed by atoms with Crippen LogP contribution < -0.4 is 4.72 Å². The van der Waals surface area contributed by atoms with E-state index in [1.165, 1.54) is 5.56 Å². The number of rotatable bonds is 5. The Hall–Kier alpha value is -1.18. The van der Waals surface area contributed by atoms with Crippen molar-refractivity contribution in [2.24, 2.45) is 0 Å². The third-order valence-corrected chi connectivity index (χ3v) is 6.86. The molecule has 5 nitrogen and oxygen atoms in total. The molecule has 1 aliphatic carbocycles. The molecule has 1 fully saturated rings. The lowest BCUT2D eigenvalue weighted by atomic mass is 9.81. The Balaban J connectivity index is 1.84. The quantitative estimate of drug-likeness (QED) is 0.907. The minimum Gasteiger partial charge on any atom is -0.360 e. The molecular formula is C15H20N2O3S2. The summed E-state index contributed by atoms with van der Waals surface area (Å²) in [5, 5.41) is 7.93. The first-order valence-electron chi connectivity index (χ1n) is 7.40. The molecule has 0 atom stereocenters. The van der Waals surface area contributed by atoms with E-state index in [2.05, 4.69) is 26.7 Å². The average Bonchev–Trinajstić information content (AvgIpc) is 3.18. The van der Waals surface area contributed by atoms with E-state index in [0.29, 0.717) is 18.0 Å². The standard InChI is InChI=1S/C15H20N2O3S2/c1-11-14(12(2)20-17-11)22(18,19)16-10-15(6-3-4-7-15)13-5-8-21-9-13/h5,8-9,16H,3-4,6-7,10H2,1-2H3. The van der Waals surface area contributed by atoms with E-state index in [1.807, 2.05) is 0 Å². The highest BCUT2D eigenvalue weighted by molar-refractivity contribution is 7.89. The van der Waals surface area contributed by atoms with Crippen molar-refractivity contribution in [3.8, 4) is 0 Å². The Kier molecular flexibility index (Phi) is 4.13. The van der Waals surface area contributed by atoms with E-state index in [0.717, 1.165) is 25.7 Å². The number of nitrogens with zero attached hydrogens (tertiary/aromatic N) is 1. The molecular weight excluding hydrogens is 320 g/mol. The van der Waals surface area contributed by atoms with Gasteiger partial charge in [0.2, 0.25) is 10.0 Å². The molecule has 0 saturated heterocycles. The summed E-state index contributed by atoms with van der Waals surface area (Å²) in [5.74, 6) is 0.334. The Bertz CT molecular complexity index is 722. The van der Waals surface area contributed by atoms with Gasteiger partial charge in [-0.05, 0) is 49.1 Å². The van der Waals surface area contributed by atoms with Crippen molar-refractivity contribution < 1.29 is 12.9 Å². The molecule has 22 heavy (non-hydrogen) atoms. The van der Waals surface area contributed by atoms with Crippen molar-refractivity contribution >= 4 is 21.4 Å². The van der Waals surface area contributed by atoms with Gasteiger partial charge in [-0.1, -0.05) is 18.0 Å². The van der Waals surface area contributed by atoms with E-state index >= 15 is 0 Å². The second-order valence-corrected chi connectivity index (χ2v) is 8.46. The van der Waals surface area contributed by atoms with Crippen LogP contribution in [0.1, 0.15) is 42.7 Å². The summed E-state index contributed by atoms with van der Waals surface area (Å²) in [5.41, 5.74) is 1.57. The molecule has 0 bridgehead atoms. The highest BCUT2D eigenvalue weighted by atomic mass is 32.2. The molecule has 2 aromatic heterocycles. The van der Waals surface area contributed by atoms with Crippen LogP contribution in [-0.2, 0) is 15.4 Å². The number of aryl methyl sites for hydroxylation is 2. The number of nitrogens with one attached hydrogen (secondary N) is 1. The molecule has 2 aromatic rings. The van der Waals surface area contributed by atoms with Crippen LogP contribution in [0.25, 0.3) is 0 Å². The van der Waals surface area contributed by atoms with Gasteiger partial charge in [-0.15, -0.1) is 0 Å². The average molecular weight is 340 g/mol. The topological polar surface area (TPSA) is 72.2 Å². The summed E-state index contributed by atoms with van der Waals surface area (Å²) >= 11 is 1.66. The van der Waals surface area contributed by atoms with Crippen LogP contribution in [0.3, 0.4) is 0 Å². The van der Waals surface area contributed by atoms with Gasteiger partial charge in [-0.2, -0.15) is 11.3 Å². The lowest BCUT2D eigenvalue weighted by Gasteiger charge is -2.28. The van der Waals surface area contributed by atoms with Gasteiger partial charge in [0.1, 0.15) is 10.6 Å². The third kappa shape index (κ3) is 2.73. The zero-order valence-electron chi connectivity index (χ0n) is 12.8. The van der Waals surface area contributed by atoms with Crippen LogP contribution in [-0.4, -0.2) is 20.1 Å². The second-order valence-electron chi connectivity index (χ2n) is 5.98.